The lowest BCUT2D eigenvalue weighted by atomic mass is 9.85. The van der Waals surface area contributed by atoms with Gasteiger partial charge in [0.25, 0.3) is 0 Å². The predicted octanol–water partition coefficient (Wildman–Crippen LogP) is 5.06. The standard InChI is InChI=1S/C25H31N3/c1-26(2)22-13-7-19(8-14-22)25(20-9-15-23(16-10-20)27(3)4)21-11-17-24(18-12-21)28(5)6/h7-18,25H,1-6H3. The van der Waals surface area contributed by atoms with Gasteiger partial charge in [-0.25, -0.2) is 0 Å². The van der Waals surface area contributed by atoms with E-state index in [9.17, 15) is 0 Å². The van der Waals surface area contributed by atoms with Crippen molar-refractivity contribution in [3.05, 3.63) is 89.5 Å². The molecule has 0 heterocycles. The molecule has 0 aromatic heterocycles. The zero-order valence-corrected chi connectivity index (χ0v) is 17.8. The van der Waals surface area contributed by atoms with E-state index in [4.69, 9.17) is 0 Å². The largest absolute Gasteiger partial charge is 0.378 e. The highest BCUT2D eigenvalue weighted by Gasteiger charge is 2.17. The Morgan fingerprint density at radius 2 is 0.607 bits per heavy atom. The summed E-state index contributed by atoms with van der Waals surface area (Å²) in [6.45, 7) is 0. The molecule has 3 rings (SSSR count). The van der Waals surface area contributed by atoms with Gasteiger partial charge in [-0.15, -0.1) is 0 Å². The second-order valence-corrected chi connectivity index (χ2v) is 7.89. The molecule has 3 aromatic rings. The van der Waals surface area contributed by atoms with Gasteiger partial charge in [-0.3, -0.25) is 0 Å². The average molecular weight is 374 g/mol. The van der Waals surface area contributed by atoms with Crippen molar-refractivity contribution >= 4 is 17.1 Å². The van der Waals surface area contributed by atoms with Gasteiger partial charge in [0.2, 0.25) is 0 Å². The second kappa shape index (κ2) is 8.39. The highest BCUT2D eigenvalue weighted by molar-refractivity contribution is 5.55. The van der Waals surface area contributed by atoms with Crippen molar-refractivity contribution in [2.24, 2.45) is 0 Å². The molecule has 0 N–H and O–H groups in total. The molecular weight excluding hydrogens is 342 g/mol. The summed E-state index contributed by atoms with van der Waals surface area (Å²) in [5.41, 5.74) is 7.57. The maximum atomic E-state index is 2.25. The molecule has 0 amide bonds. The first-order valence-electron chi connectivity index (χ1n) is 9.68. The third-order valence-corrected chi connectivity index (χ3v) is 5.23. The quantitative estimate of drug-likeness (QED) is 0.559. The lowest BCUT2D eigenvalue weighted by molar-refractivity contribution is 0.971. The Hall–Kier alpha value is -2.94. The van der Waals surface area contributed by atoms with Crippen LogP contribution in [-0.2, 0) is 0 Å². The maximum absolute atomic E-state index is 2.25. The topological polar surface area (TPSA) is 9.72 Å². The molecule has 0 aliphatic heterocycles. The van der Waals surface area contributed by atoms with Crippen LogP contribution in [0.15, 0.2) is 72.8 Å². The molecule has 0 saturated heterocycles. The minimum Gasteiger partial charge on any atom is -0.378 e. The summed E-state index contributed by atoms with van der Waals surface area (Å²) in [5.74, 6) is 0.212. The van der Waals surface area contributed by atoms with Crippen LogP contribution in [0.25, 0.3) is 0 Å². The number of anilines is 3. The van der Waals surface area contributed by atoms with Gasteiger partial charge in [0.1, 0.15) is 0 Å². The molecule has 0 aliphatic carbocycles. The van der Waals surface area contributed by atoms with Gasteiger partial charge in [-0.05, 0) is 53.1 Å². The number of hydrogen-bond acceptors (Lipinski definition) is 3. The van der Waals surface area contributed by atoms with Gasteiger partial charge in [-0.1, -0.05) is 36.4 Å². The Kier molecular flexibility index (Phi) is 5.93. The van der Waals surface area contributed by atoms with Crippen LogP contribution in [-0.4, -0.2) is 42.3 Å². The van der Waals surface area contributed by atoms with E-state index in [0.717, 1.165) is 0 Å². The van der Waals surface area contributed by atoms with Crippen molar-refractivity contribution in [2.45, 2.75) is 5.92 Å². The molecule has 0 spiro atoms. The number of hydrogen-bond donors (Lipinski definition) is 0. The number of benzene rings is 3. The van der Waals surface area contributed by atoms with Gasteiger partial charge >= 0.3 is 0 Å². The first kappa shape index (κ1) is 19.8. The monoisotopic (exact) mass is 373 g/mol. The van der Waals surface area contributed by atoms with E-state index in [0.29, 0.717) is 0 Å². The van der Waals surface area contributed by atoms with Crippen LogP contribution in [0.1, 0.15) is 22.6 Å². The third kappa shape index (κ3) is 4.30. The summed E-state index contributed by atoms with van der Waals surface area (Å²) < 4.78 is 0. The smallest absolute Gasteiger partial charge is 0.0361 e. The molecule has 0 bridgehead atoms. The Bertz CT molecular complexity index is 754. The van der Waals surface area contributed by atoms with E-state index in [1.807, 2.05) is 0 Å². The van der Waals surface area contributed by atoms with Gasteiger partial charge < -0.3 is 14.7 Å². The molecule has 146 valence electrons. The molecule has 0 fully saturated rings. The average Bonchev–Trinajstić information content (AvgIpc) is 2.69. The fraction of sp³-hybridized carbons (Fsp3) is 0.280. The predicted molar refractivity (Wildman–Crippen MR) is 123 cm³/mol. The van der Waals surface area contributed by atoms with E-state index in [1.54, 1.807) is 0 Å². The summed E-state index contributed by atoms with van der Waals surface area (Å²) in [4.78, 5) is 6.41. The minimum atomic E-state index is 0.212. The summed E-state index contributed by atoms with van der Waals surface area (Å²) in [7, 11) is 12.5. The normalized spacial score (nSPS) is 10.8. The lowest BCUT2D eigenvalue weighted by Crippen LogP contribution is -2.11. The number of nitrogens with zero attached hydrogens (tertiary/aromatic N) is 3. The highest BCUT2D eigenvalue weighted by atomic mass is 15.1. The fourth-order valence-corrected chi connectivity index (χ4v) is 3.47. The highest BCUT2D eigenvalue weighted by Crippen LogP contribution is 2.34. The maximum Gasteiger partial charge on any atom is 0.0361 e. The van der Waals surface area contributed by atoms with Crippen molar-refractivity contribution in [3.63, 3.8) is 0 Å². The molecule has 0 radical (unpaired) electrons. The zero-order valence-electron chi connectivity index (χ0n) is 17.8. The summed E-state index contributed by atoms with van der Waals surface area (Å²) in [6.07, 6.45) is 0. The summed E-state index contributed by atoms with van der Waals surface area (Å²) in [6, 6.07) is 26.7. The molecule has 28 heavy (non-hydrogen) atoms. The zero-order chi connectivity index (χ0) is 20.3. The molecule has 0 unspecified atom stereocenters. The first-order valence-corrected chi connectivity index (χ1v) is 9.68. The summed E-state index contributed by atoms with van der Waals surface area (Å²) >= 11 is 0. The molecule has 3 nitrogen and oxygen atoms in total. The first-order chi connectivity index (χ1) is 13.4. The van der Waals surface area contributed by atoms with Crippen molar-refractivity contribution in [3.8, 4) is 0 Å². The third-order valence-electron chi connectivity index (χ3n) is 5.23. The van der Waals surface area contributed by atoms with Gasteiger partial charge in [0.15, 0.2) is 0 Å². The van der Waals surface area contributed by atoms with E-state index < -0.39 is 0 Å². The van der Waals surface area contributed by atoms with E-state index in [2.05, 4.69) is 130 Å². The number of rotatable bonds is 6. The molecule has 3 aromatic carbocycles. The second-order valence-electron chi connectivity index (χ2n) is 7.89. The molecule has 0 saturated carbocycles. The van der Waals surface area contributed by atoms with Crippen LogP contribution in [0.5, 0.6) is 0 Å². The molecule has 0 atom stereocenters. The van der Waals surface area contributed by atoms with Gasteiger partial charge in [0, 0.05) is 65.3 Å². The molecule has 0 aliphatic rings. The van der Waals surface area contributed by atoms with Crippen LogP contribution in [0.2, 0.25) is 0 Å². The van der Waals surface area contributed by atoms with Crippen molar-refractivity contribution in [1.82, 2.24) is 0 Å². The van der Waals surface area contributed by atoms with Crippen LogP contribution in [0.3, 0.4) is 0 Å². The molecular formula is C25H31N3. The van der Waals surface area contributed by atoms with Crippen molar-refractivity contribution in [2.75, 3.05) is 57.0 Å². The minimum absolute atomic E-state index is 0.212. The van der Waals surface area contributed by atoms with Crippen molar-refractivity contribution in [1.29, 1.82) is 0 Å². The van der Waals surface area contributed by atoms with Gasteiger partial charge in [-0.2, -0.15) is 0 Å². The fourth-order valence-electron chi connectivity index (χ4n) is 3.47. The van der Waals surface area contributed by atoms with Crippen LogP contribution < -0.4 is 14.7 Å². The lowest BCUT2D eigenvalue weighted by Gasteiger charge is -2.22. The van der Waals surface area contributed by atoms with E-state index in [1.165, 1.54) is 33.8 Å². The summed E-state index contributed by atoms with van der Waals surface area (Å²) in [5, 5.41) is 0. The SMILES string of the molecule is CN(C)c1ccc(C(c2ccc(N(C)C)cc2)c2ccc(N(C)C)cc2)cc1. The molecule has 3 heteroatoms. The van der Waals surface area contributed by atoms with Crippen LogP contribution in [0.4, 0.5) is 17.1 Å². The van der Waals surface area contributed by atoms with Crippen LogP contribution in [0, 0.1) is 0 Å². The Morgan fingerprint density at radius 1 is 0.393 bits per heavy atom. The van der Waals surface area contributed by atoms with Crippen molar-refractivity contribution < 1.29 is 0 Å². The Balaban J connectivity index is 2.04. The van der Waals surface area contributed by atoms with E-state index in [-0.39, 0.29) is 5.92 Å². The Morgan fingerprint density at radius 3 is 0.786 bits per heavy atom. The van der Waals surface area contributed by atoms with E-state index >= 15 is 0 Å². The van der Waals surface area contributed by atoms with Gasteiger partial charge in [0.05, 0.1) is 0 Å². The Labute approximate surface area is 169 Å². The van der Waals surface area contributed by atoms with Crippen LogP contribution >= 0.6 is 0 Å².